The number of benzene rings is 3. The van der Waals surface area contributed by atoms with E-state index in [0.29, 0.717) is 51.5 Å². The lowest BCUT2D eigenvalue weighted by Crippen LogP contribution is -2.43. The first-order valence-corrected chi connectivity index (χ1v) is 25.2. The van der Waals surface area contributed by atoms with Gasteiger partial charge in [-0.1, -0.05) is 97.4 Å². The molecule has 2 aromatic heterocycles. The fraction of sp³-hybridized carbons (Fsp3) is 0.509. The van der Waals surface area contributed by atoms with Gasteiger partial charge in [0.1, 0.15) is 18.4 Å². The lowest BCUT2D eigenvalue weighted by Gasteiger charge is -2.28. The SMILES string of the molecule is CC(NC(=O)COCCNCCOCCCOc1ccc2nc(-c3ccc(N(C)C)cc3)ccc2c1)C(C)(C)C.CCC(C)(C)C.Cc1ncsc1-c1ccc(CNC(=O)C2CCCN2C=O)cc1. The molecule has 13 nitrogen and oxygen atoms in total. The molecular weight excluding hydrogens is 887 g/mol. The molecule has 1 fully saturated rings. The van der Waals surface area contributed by atoms with Crippen molar-refractivity contribution < 1.29 is 28.6 Å². The van der Waals surface area contributed by atoms with Crippen molar-refractivity contribution in [2.45, 2.75) is 107 Å². The number of aryl methyl sites for hydroxylation is 1. The van der Waals surface area contributed by atoms with E-state index >= 15 is 0 Å². The number of hydrogen-bond donors (Lipinski definition) is 3. The van der Waals surface area contributed by atoms with Gasteiger partial charge in [-0.2, -0.15) is 0 Å². The summed E-state index contributed by atoms with van der Waals surface area (Å²) in [6.07, 6.45) is 4.48. The lowest BCUT2D eigenvalue weighted by molar-refractivity contribution is -0.131. The molecular formula is C55H79N7O6S. The number of carbonyl (C=O) groups is 3. The van der Waals surface area contributed by atoms with Crippen LogP contribution in [-0.4, -0.2) is 112 Å². The van der Waals surface area contributed by atoms with Crippen LogP contribution >= 0.6 is 11.3 Å². The maximum atomic E-state index is 12.2. The van der Waals surface area contributed by atoms with E-state index in [4.69, 9.17) is 19.2 Å². The maximum absolute atomic E-state index is 12.2. The Labute approximate surface area is 416 Å². The third-order valence-corrected chi connectivity index (χ3v) is 13.0. The number of fused-ring (bicyclic) bond motifs is 1. The molecule has 0 radical (unpaired) electrons. The molecule has 5 aromatic rings. The van der Waals surface area contributed by atoms with Crippen LogP contribution in [0.3, 0.4) is 0 Å². The number of amides is 3. The fourth-order valence-corrected chi connectivity index (χ4v) is 7.48. The van der Waals surface area contributed by atoms with E-state index in [1.165, 1.54) is 17.0 Å². The van der Waals surface area contributed by atoms with Gasteiger partial charge in [-0.15, -0.1) is 11.3 Å². The van der Waals surface area contributed by atoms with E-state index in [0.717, 1.165) is 76.9 Å². The first-order chi connectivity index (χ1) is 32.9. The number of hydrogen-bond acceptors (Lipinski definition) is 11. The number of pyridine rings is 1. The smallest absolute Gasteiger partial charge is 0.246 e. The highest BCUT2D eigenvalue weighted by Gasteiger charge is 2.29. The van der Waals surface area contributed by atoms with E-state index in [1.54, 1.807) is 16.2 Å². The minimum absolute atomic E-state index is 0.0305. The standard InChI is InChI=1S/C32H46N4O4.C17H19N3O2S.C6H14/c1-24(32(2,3)4)34-31(37)23-39-21-17-33-16-20-38-18-7-19-40-28-13-15-30-26(22-28)10-14-29(35-30)25-8-11-27(12-9-25)36(5)6;1-12-16(23-10-19-12)14-6-4-13(5-7-14)9-18-17(22)15-3-2-8-20(15)11-21;1-5-6(2,3)4/h8-15,22,24,33H,7,16-21,23H2,1-6H3,(H,34,37);4-7,10-11,15H,2-3,8-9H2,1H3,(H,18,22);5H2,1-4H3. The van der Waals surface area contributed by atoms with Gasteiger partial charge < -0.3 is 40.0 Å². The van der Waals surface area contributed by atoms with Crippen LogP contribution in [0.25, 0.3) is 32.6 Å². The summed E-state index contributed by atoms with van der Waals surface area (Å²) in [7, 11) is 4.07. The summed E-state index contributed by atoms with van der Waals surface area (Å²) in [5, 5.41) is 10.2. The number of nitrogens with zero attached hydrogens (tertiary/aromatic N) is 4. The lowest BCUT2D eigenvalue weighted by atomic mass is 9.88. The molecule has 14 heteroatoms. The summed E-state index contributed by atoms with van der Waals surface area (Å²) < 4.78 is 17.0. The molecule has 1 saturated heterocycles. The number of nitrogens with one attached hydrogen (secondary N) is 3. The van der Waals surface area contributed by atoms with Gasteiger partial charge in [0.15, 0.2) is 0 Å². The van der Waals surface area contributed by atoms with Crippen LogP contribution in [-0.2, 0) is 30.4 Å². The number of thiazole rings is 1. The Morgan fingerprint density at radius 2 is 1.58 bits per heavy atom. The highest BCUT2D eigenvalue weighted by atomic mass is 32.1. The Morgan fingerprint density at radius 1 is 0.899 bits per heavy atom. The minimum atomic E-state index is -0.313. The highest BCUT2D eigenvalue weighted by molar-refractivity contribution is 7.13. The summed E-state index contributed by atoms with van der Waals surface area (Å²) in [6, 6.07) is 26.5. The van der Waals surface area contributed by atoms with Crippen LogP contribution < -0.4 is 25.6 Å². The van der Waals surface area contributed by atoms with Crippen LogP contribution in [0.5, 0.6) is 5.75 Å². The molecule has 6 rings (SSSR count). The molecule has 69 heavy (non-hydrogen) atoms. The number of carbonyl (C=O) groups excluding carboxylic acids is 3. The van der Waals surface area contributed by atoms with Gasteiger partial charge in [0, 0.05) is 76.0 Å². The highest BCUT2D eigenvalue weighted by Crippen LogP contribution is 2.28. The van der Waals surface area contributed by atoms with E-state index in [-0.39, 0.29) is 35.9 Å². The molecule has 3 aromatic carbocycles. The summed E-state index contributed by atoms with van der Waals surface area (Å²) in [5.41, 5.74) is 9.80. The van der Waals surface area contributed by atoms with Crippen molar-refractivity contribution in [3.05, 3.63) is 95.6 Å². The average molecular weight is 966 g/mol. The summed E-state index contributed by atoms with van der Waals surface area (Å²) in [4.78, 5) is 48.9. The zero-order valence-electron chi connectivity index (χ0n) is 43.2. The largest absolute Gasteiger partial charge is 0.493 e. The van der Waals surface area contributed by atoms with Crippen LogP contribution in [0.2, 0.25) is 0 Å². The van der Waals surface area contributed by atoms with Crippen molar-refractivity contribution in [3.63, 3.8) is 0 Å². The molecule has 1 aliphatic heterocycles. The number of ether oxygens (including phenoxy) is 3. The molecule has 2 atom stereocenters. The maximum Gasteiger partial charge on any atom is 0.246 e. The second-order valence-electron chi connectivity index (χ2n) is 19.9. The van der Waals surface area contributed by atoms with Crippen LogP contribution in [0.4, 0.5) is 5.69 Å². The molecule has 3 heterocycles. The Bertz CT molecular complexity index is 2300. The van der Waals surface area contributed by atoms with Gasteiger partial charge in [0.05, 0.1) is 47.1 Å². The second-order valence-corrected chi connectivity index (χ2v) is 20.7. The third-order valence-electron chi connectivity index (χ3n) is 12.0. The predicted octanol–water partition coefficient (Wildman–Crippen LogP) is 9.71. The van der Waals surface area contributed by atoms with Gasteiger partial charge in [0.25, 0.3) is 0 Å². The quantitative estimate of drug-likeness (QED) is 0.0480. The fourth-order valence-electron chi connectivity index (χ4n) is 6.67. The topological polar surface area (TPSA) is 147 Å². The van der Waals surface area contributed by atoms with Gasteiger partial charge in [0.2, 0.25) is 18.2 Å². The number of likely N-dealkylation sites (tertiary alicyclic amines) is 1. The first kappa shape index (κ1) is 56.2. The molecule has 3 N–H and O–H groups in total. The number of aromatic nitrogens is 2. The van der Waals surface area contributed by atoms with Gasteiger partial charge >= 0.3 is 0 Å². The molecule has 3 amide bonds. The van der Waals surface area contributed by atoms with Gasteiger partial charge in [-0.3, -0.25) is 14.4 Å². The van der Waals surface area contributed by atoms with Crippen LogP contribution in [0.1, 0.15) is 92.3 Å². The normalized spacial score (nSPS) is 14.0. The summed E-state index contributed by atoms with van der Waals surface area (Å²) >= 11 is 1.63. The molecule has 0 spiro atoms. The average Bonchev–Trinajstić information content (AvgIpc) is 4.00. The number of anilines is 1. The van der Waals surface area contributed by atoms with E-state index in [1.807, 2.05) is 63.8 Å². The van der Waals surface area contributed by atoms with E-state index < -0.39 is 0 Å². The summed E-state index contributed by atoms with van der Waals surface area (Å²) in [5.74, 6) is 0.682. The third kappa shape index (κ3) is 19.9. The molecule has 2 unspecified atom stereocenters. The van der Waals surface area contributed by atoms with Crippen molar-refractivity contribution in [2.24, 2.45) is 10.8 Å². The molecule has 0 aliphatic carbocycles. The second kappa shape index (κ2) is 28.3. The monoisotopic (exact) mass is 966 g/mol. The number of rotatable bonds is 21. The van der Waals surface area contributed by atoms with Crippen molar-refractivity contribution in [1.82, 2.24) is 30.8 Å². The minimum Gasteiger partial charge on any atom is -0.493 e. The molecule has 376 valence electrons. The van der Waals surface area contributed by atoms with Crippen molar-refractivity contribution in [3.8, 4) is 27.4 Å². The molecule has 0 saturated carbocycles. The van der Waals surface area contributed by atoms with Crippen molar-refractivity contribution in [2.75, 3.05) is 71.7 Å². The predicted molar refractivity (Wildman–Crippen MR) is 283 cm³/mol. The zero-order chi connectivity index (χ0) is 50.4. The van der Waals surface area contributed by atoms with Crippen molar-refractivity contribution >= 4 is 46.2 Å². The van der Waals surface area contributed by atoms with Gasteiger partial charge in [-0.25, -0.2) is 9.97 Å². The first-order valence-electron chi connectivity index (χ1n) is 24.3. The Morgan fingerprint density at radius 3 is 2.20 bits per heavy atom. The van der Waals surface area contributed by atoms with Crippen LogP contribution in [0.15, 0.2) is 84.4 Å². The van der Waals surface area contributed by atoms with E-state index in [9.17, 15) is 14.4 Å². The molecule has 0 bridgehead atoms. The van der Waals surface area contributed by atoms with Crippen molar-refractivity contribution in [1.29, 1.82) is 0 Å². The Balaban J connectivity index is 0.000000298. The van der Waals surface area contributed by atoms with Gasteiger partial charge in [-0.05, 0) is 85.0 Å². The van der Waals surface area contributed by atoms with E-state index in [2.05, 4.69) is 123 Å². The molecule has 1 aliphatic rings. The van der Waals surface area contributed by atoms with Crippen LogP contribution in [0, 0.1) is 17.8 Å². The Kier molecular flexibility index (Phi) is 23.0. The summed E-state index contributed by atoms with van der Waals surface area (Å²) in [6.45, 7) is 24.2. The Hall–Kier alpha value is -5.41. The zero-order valence-corrected chi connectivity index (χ0v) is 44.0.